The Morgan fingerprint density at radius 2 is 1.62 bits per heavy atom. The molecule has 0 spiro atoms. The van der Waals surface area contributed by atoms with Crippen LogP contribution in [0.5, 0.6) is 0 Å². The van der Waals surface area contributed by atoms with E-state index < -0.39 is 0 Å². The van der Waals surface area contributed by atoms with Gasteiger partial charge in [0.05, 0.1) is 5.92 Å². The summed E-state index contributed by atoms with van der Waals surface area (Å²) < 4.78 is 0. The molecule has 158 valence electrons. The number of amides is 1. The van der Waals surface area contributed by atoms with Crippen LogP contribution in [0.25, 0.3) is 0 Å². The zero-order valence-corrected chi connectivity index (χ0v) is 17.8. The van der Waals surface area contributed by atoms with E-state index in [1.807, 2.05) is 0 Å². The van der Waals surface area contributed by atoms with Crippen LogP contribution in [0.1, 0.15) is 56.9 Å². The average molecular weight is 396 g/mol. The maximum Gasteiger partial charge on any atom is 0.224 e. The van der Waals surface area contributed by atoms with Crippen LogP contribution < -0.4 is 5.32 Å². The van der Waals surface area contributed by atoms with Gasteiger partial charge in [-0.3, -0.25) is 14.6 Å². The highest BCUT2D eigenvalue weighted by Crippen LogP contribution is 2.44. The molecule has 0 radical (unpaired) electrons. The summed E-state index contributed by atoms with van der Waals surface area (Å²) in [6.07, 6.45) is 10.1. The van der Waals surface area contributed by atoms with Gasteiger partial charge in [-0.15, -0.1) is 0 Å². The van der Waals surface area contributed by atoms with Gasteiger partial charge in [-0.2, -0.15) is 0 Å². The van der Waals surface area contributed by atoms with Crippen molar-refractivity contribution in [3.05, 3.63) is 35.9 Å². The lowest BCUT2D eigenvalue weighted by Crippen LogP contribution is -2.52. The van der Waals surface area contributed by atoms with Crippen molar-refractivity contribution < 1.29 is 4.79 Å². The molecule has 1 atom stereocenters. The van der Waals surface area contributed by atoms with E-state index in [2.05, 4.69) is 45.4 Å². The Morgan fingerprint density at radius 1 is 0.931 bits per heavy atom. The van der Waals surface area contributed by atoms with Crippen molar-refractivity contribution in [2.75, 3.05) is 26.2 Å². The second-order valence-corrected chi connectivity index (χ2v) is 10.0. The van der Waals surface area contributed by atoms with Crippen molar-refractivity contribution in [3.63, 3.8) is 0 Å². The molecule has 2 heterocycles. The second kappa shape index (κ2) is 8.77. The molecule has 4 heteroatoms. The van der Waals surface area contributed by atoms with Gasteiger partial charge in [-0.25, -0.2) is 0 Å². The molecule has 0 aromatic heterocycles. The molecular formula is C25H37N3O. The molecule has 2 aliphatic carbocycles. The largest absolute Gasteiger partial charge is 0.353 e. The monoisotopic (exact) mass is 395 g/mol. The molecule has 0 unspecified atom stereocenters. The maximum absolute atomic E-state index is 13.0. The van der Waals surface area contributed by atoms with Crippen molar-refractivity contribution in [1.29, 1.82) is 0 Å². The lowest BCUT2D eigenvalue weighted by molar-refractivity contribution is -0.128. The van der Waals surface area contributed by atoms with Crippen molar-refractivity contribution >= 4 is 5.91 Å². The second-order valence-electron chi connectivity index (χ2n) is 10.0. The van der Waals surface area contributed by atoms with Crippen LogP contribution in [0, 0.1) is 17.8 Å². The summed E-state index contributed by atoms with van der Waals surface area (Å²) in [6, 6.07) is 12.0. The van der Waals surface area contributed by atoms with Crippen molar-refractivity contribution in [2.45, 2.75) is 70.0 Å². The van der Waals surface area contributed by atoms with Crippen LogP contribution in [0.2, 0.25) is 0 Å². The fourth-order valence-corrected chi connectivity index (χ4v) is 5.65. The highest BCUT2D eigenvalue weighted by molar-refractivity contribution is 5.79. The molecule has 2 saturated heterocycles. The summed E-state index contributed by atoms with van der Waals surface area (Å²) >= 11 is 0. The van der Waals surface area contributed by atoms with Gasteiger partial charge in [-0.1, -0.05) is 30.3 Å². The lowest BCUT2D eigenvalue weighted by Gasteiger charge is -2.42. The normalized spacial score (nSPS) is 27.3. The van der Waals surface area contributed by atoms with Gasteiger partial charge < -0.3 is 5.32 Å². The van der Waals surface area contributed by atoms with Crippen LogP contribution in [-0.2, 0) is 11.3 Å². The molecule has 2 saturated carbocycles. The maximum atomic E-state index is 13.0. The Balaban J connectivity index is 1.10. The molecule has 1 amide bonds. The van der Waals surface area contributed by atoms with E-state index in [0.717, 1.165) is 31.3 Å². The fourth-order valence-electron chi connectivity index (χ4n) is 5.65. The average Bonchev–Trinajstić information content (AvgIpc) is 3.67. The van der Waals surface area contributed by atoms with Crippen LogP contribution in [0.15, 0.2) is 30.3 Å². The molecule has 0 bridgehead atoms. The number of nitrogens with zero attached hydrogens (tertiary/aromatic N) is 2. The SMILES string of the molecule is O=C(NC(C1CC1)C1CC1)[C@H]1CCCN(C2CCN(Cc3ccccc3)CC2)C1. The molecule has 4 nitrogen and oxygen atoms in total. The van der Waals surface area contributed by atoms with Crippen LogP contribution in [0.4, 0.5) is 0 Å². The summed E-state index contributed by atoms with van der Waals surface area (Å²) in [5, 5.41) is 3.49. The van der Waals surface area contributed by atoms with Crippen molar-refractivity contribution in [1.82, 2.24) is 15.1 Å². The van der Waals surface area contributed by atoms with E-state index in [4.69, 9.17) is 0 Å². The number of nitrogens with one attached hydrogen (secondary N) is 1. The summed E-state index contributed by atoms with van der Waals surface area (Å²) in [7, 11) is 0. The zero-order valence-electron chi connectivity index (χ0n) is 17.8. The molecule has 29 heavy (non-hydrogen) atoms. The van der Waals surface area contributed by atoms with E-state index in [1.165, 1.54) is 70.1 Å². The van der Waals surface area contributed by atoms with Gasteiger partial charge in [-0.05, 0) is 88.4 Å². The van der Waals surface area contributed by atoms with Crippen molar-refractivity contribution in [3.8, 4) is 0 Å². The zero-order chi connectivity index (χ0) is 19.6. The number of rotatable bonds is 7. The number of piperidine rings is 2. The van der Waals surface area contributed by atoms with Gasteiger partial charge in [0.1, 0.15) is 0 Å². The van der Waals surface area contributed by atoms with Gasteiger partial charge in [0, 0.05) is 25.2 Å². The van der Waals surface area contributed by atoms with Gasteiger partial charge in [0.2, 0.25) is 5.91 Å². The van der Waals surface area contributed by atoms with E-state index in [9.17, 15) is 4.79 Å². The predicted octanol–water partition coefficient (Wildman–Crippen LogP) is 3.67. The third-order valence-electron chi connectivity index (χ3n) is 7.71. The standard InChI is InChI=1S/C25H37N3O/c29-25(26-24(20-8-9-20)21-10-11-21)22-7-4-14-28(18-22)23-12-15-27(16-13-23)17-19-5-2-1-3-6-19/h1-3,5-6,20-24H,4,7-18H2,(H,26,29)/t22-/m0/s1. The highest BCUT2D eigenvalue weighted by Gasteiger charge is 2.43. The van der Waals surface area contributed by atoms with E-state index in [1.54, 1.807) is 0 Å². The first kappa shape index (κ1) is 19.6. The first-order valence-corrected chi connectivity index (χ1v) is 12.1. The Hall–Kier alpha value is -1.39. The van der Waals surface area contributed by atoms with Crippen LogP contribution >= 0.6 is 0 Å². The minimum atomic E-state index is 0.214. The first-order chi connectivity index (χ1) is 14.3. The predicted molar refractivity (Wildman–Crippen MR) is 116 cm³/mol. The Kier molecular flexibility index (Phi) is 5.92. The van der Waals surface area contributed by atoms with Crippen molar-refractivity contribution in [2.24, 2.45) is 17.8 Å². The quantitative estimate of drug-likeness (QED) is 0.765. The minimum Gasteiger partial charge on any atom is -0.353 e. The lowest BCUT2D eigenvalue weighted by atomic mass is 9.92. The van der Waals surface area contributed by atoms with E-state index in [0.29, 0.717) is 18.0 Å². The molecule has 1 N–H and O–H groups in total. The van der Waals surface area contributed by atoms with Gasteiger partial charge in [0.25, 0.3) is 0 Å². The summed E-state index contributed by atoms with van der Waals surface area (Å²) in [5.41, 5.74) is 1.42. The number of hydrogen-bond donors (Lipinski definition) is 1. The third kappa shape index (κ3) is 5.03. The van der Waals surface area contributed by atoms with Crippen LogP contribution in [0.3, 0.4) is 0 Å². The summed E-state index contributed by atoms with van der Waals surface area (Å²) in [4.78, 5) is 18.3. The Morgan fingerprint density at radius 3 is 2.28 bits per heavy atom. The van der Waals surface area contributed by atoms with E-state index >= 15 is 0 Å². The summed E-state index contributed by atoms with van der Waals surface area (Å²) in [6.45, 7) is 5.60. The number of carbonyl (C=O) groups is 1. The Labute approximate surface area is 176 Å². The molecular weight excluding hydrogens is 358 g/mol. The molecule has 4 fully saturated rings. The summed E-state index contributed by atoms with van der Waals surface area (Å²) in [5.74, 6) is 2.16. The molecule has 1 aromatic carbocycles. The number of carbonyl (C=O) groups excluding carboxylic acids is 1. The molecule has 5 rings (SSSR count). The number of likely N-dealkylation sites (tertiary alicyclic amines) is 2. The van der Waals surface area contributed by atoms with Gasteiger partial charge >= 0.3 is 0 Å². The smallest absolute Gasteiger partial charge is 0.224 e. The molecule has 2 aliphatic heterocycles. The third-order valence-corrected chi connectivity index (χ3v) is 7.71. The van der Waals surface area contributed by atoms with Crippen LogP contribution in [-0.4, -0.2) is 54.0 Å². The fraction of sp³-hybridized carbons (Fsp3) is 0.720. The topological polar surface area (TPSA) is 35.6 Å². The Bertz CT molecular complexity index is 665. The number of benzene rings is 1. The highest BCUT2D eigenvalue weighted by atomic mass is 16.2. The molecule has 4 aliphatic rings. The first-order valence-electron chi connectivity index (χ1n) is 12.1. The van der Waals surface area contributed by atoms with Gasteiger partial charge in [0.15, 0.2) is 0 Å². The van der Waals surface area contributed by atoms with E-state index in [-0.39, 0.29) is 5.92 Å². The molecule has 1 aromatic rings. The number of hydrogen-bond acceptors (Lipinski definition) is 3. The minimum absolute atomic E-state index is 0.214.